The van der Waals surface area contributed by atoms with Gasteiger partial charge in [-0.25, -0.2) is 0 Å². The SMILES string of the molecule is C#CC1CCCCC1C(=O)NCC#N. The number of rotatable bonds is 2. The van der Waals surface area contributed by atoms with Gasteiger partial charge in [-0.2, -0.15) is 5.26 Å². The molecule has 1 aliphatic carbocycles. The van der Waals surface area contributed by atoms with E-state index in [0.717, 1.165) is 25.7 Å². The second kappa shape index (κ2) is 5.29. The first-order valence-electron chi connectivity index (χ1n) is 4.90. The number of nitriles is 1. The molecular formula is C11H14N2O. The lowest BCUT2D eigenvalue weighted by Crippen LogP contribution is -2.36. The Labute approximate surface area is 84.5 Å². The molecule has 0 saturated heterocycles. The summed E-state index contributed by atoms with van der Waals surface area (Å²) in [7, 11) is 0. The van der Waals surface area contributed by atoms with Gasteiger partial charge in [0, 0.05) is 5.92 Å². The Morgan fingerprint density at radius 1 is 1.50 bits per heavy atom. The van der Waals surface area contributed by atoms with Gasteiger partial charge in [-0.05, 0) is 12.8 Å². The molecule has 0 heterocycles. The van der Waals surface area contributed by atoms with Crippen LogP contribution in [0.3, 0.4) is 0 Å². The van der Waals surface area contributed by atoms with Crippen LogP contribution in [0.15, 0.2) is 0 Å². The van der Waals surface area contributed by atoms with Crippen LogP contribution in [0.5, 0.6) is 0 Å². The fraction of sp³-hybridized carbons (Fsp3) is 0.636. The molecule has 1 rings (SSSR count). The van der Waals surface area contributed by atoms with Crippen LogP contribution in [0.2, 0.25) is 0 Å². The van der Waals surface area contributed by atoms with Crippen LogP contribution in [0.25, 0.3) is 0 Å². The molecule has 3 nitrogen and oxygen atoms in total. The maximum atomic E-state index is 11.6. The Kier molecular flexibility index (Phi) is 4.01. The maximum absolute atomic E-state index is 11.6. The molecule has 1 saturated carbocycles. The van der Waals surface area contributed by atoms with Gasteiger partial charge < -0.3 is 5.32 Å². The number of hydrogen-bond acceptors (Lipinski definition) is 2. The number of hydrogen-bond donors (Lipinski definition) is 1. The molecule has 1 amide bonds. The van der Waals surface area contributed by atoms with Crippen LogP contribution in [-0.2, 0) is 4.79 Å². The summed E-state index contributed by atoms with van der Waals surface area (Å²) < 4.78 is 0. The Morgan fingerprint density at radius 3 is 2.86 bits per heavy atom. The normalized spacial score (nSPS) is 25.9. The number of carbonyl (C=O) groups is 1. The van der Waals surface area contributed by atoms with Crippen LogP contribution in [0.1, 0.15) is 25.7 Å². The highest BCUT2D eigenvalue weighted by Gasteiger charge is 2.29. The topological polar surface area (TPSA) is 52.9 Å². The molecule has 14 heavy (non-hydrogen) atoms. The van der Waals surface area contributed by atoms with Crippen molar-refractivity contribution in [2.24, 2.45) is 11.8 Å². The summed E-state index contributed by atoms with van der Waals surface area (Å²) in [5, 5.41) is 10.9. The van der Waals surface area contributed by atoms with Crippen LogP contribution < -0.4 is 5.32 Å². The highest BCUT2D eigenvalue weighted by molar-refractivity contribution is 5.79. The smallest absolute Gasteiger partial charge is 0.225 e. The third-order valence-electron chi connectivity index (χ3n) is 2.66. The summed E-state index contributed by atoms with van der Waals surface area (Å²) in [5.41, 5.74) is 0. The first-order valence-corrected chi connectivity index (χ1v) is 4.90. The predicted octanol–water partition coefficient (Wildman–Crippen LogP) is 1.07. The fourth-order valence-corrected chi connectivity index (χ4v) is 1.90. The molecule has 1 N–H and O–H groups in total. The summed E-state index contributed by atoms with van der Waals surface area (Å²) in [6.45, 7) is 0.0760. The summed E-state index contributed by atoms with van der Waals surface area (Å²) in [6, 6.07) is 1.89. The van der Waals surface area contributed by atoms with Gasteiger partial charge in [0.05, 0.1) is 12.0 Å². The van der Waals surface area contributed by atoms with Gasteiger partial charge in [-0.1, -0.05) is 12.8 Å². The average molecular weight is 190 g/mol. The van der Waals surface area contributed by atoms with Crippen molar-refractivity contribution in [2.45, 2.75) is 25.7 Å². The summed E-state index contributed by atoms with van der Waals surface area (Å²) in [5.74, 6) is 2.58. The van der Waals surface area contributed by atoms with Crippen molar-refractivity contribution in [3.63, 3.8) is 0 Å². The largest absolute Gasteiger partial charge is 0.343 e. The van der Waals surface area contributed by atoms with Crippen LogP contribution >= 0.6 is 0 Å². The predicted molar refractivity (Wildman–Crippen MR) is 52.9 cm³/mol. The van der Waals surface area contributed by atoms with E-state index in [2.05, 4.69) is 11.2 Å². The van der Waals surface area contributed by atoms with Gasteiger partial charge in [0.2, 0.25) is 5.91 Å². The van der Waals surface area contributed by atoms with Crippen molar-refractivity contribution in [1.82, 2.24) is 5.32 Å². The third-order valence-corrected chi connectivity index (χ3v) is 2.66. The van der Waals surface area contributed by atoms with Gasteiger partial charge in [0.25, 0.3) is 0 Å². The molecule has 0 aromatic rings. The lowest BCUT2D eigenvalue weighted by atomic mass is 9.79. The van der Waals surface area contributed by atoms with Crippen molar-refractivity contribution in [3.05, 3.63) is 0 Å². The number of nitrogens with one attached hydrogen (secondary N) is 1. The van der Waals surface area contributed by atoms with E-state index in [9.17, 15) is 4.79 Å². The van der Waals surface area contributed by atoms with Crippen molar-refractivity contribution in [2.75, 3.05) is 6.54 Å². The standard InChI is InChI=1S/C11H14N2O/c1-2-9-5-3-4-6-10(9)11(14)13-8-7-12/h1,9-10H,3-6,8H2,(H,13,14). The van der Waals surface area contributed by atoms with Gasteiger partial charge >= 0.3 is 0 Å². The van der Waals surface area contributed by atoms with Gasteiger partial charge in [0.1, 0.15) is 6.54 Å². The molecule has 0 aromatic heterocycles. The van der Waals surface area contributed by atoms with E-state index in [-0.39, 0.29) is 24.3 Å². The highest BCUT2D eigenvalue weighted by Crippen LogP contribution is 2.29. The minimum absolute atomic E-state index is 0.0578. The van der Waals surface area contributed by atoms with Crippen molar-refractivity contribution in [1.29, 1.82) is 5.26 Å². The van der Waals surface area contributed by atoms with Gasteiger partial charge in [-0.15, -0.1) is 12.3 Å². The molecule has 2 unspecified atom stereocenters. The molecule has 74 valence electrons. The molecule has 3 heteroatoms. The van der Waals surface area contributed by atoms with Crippen molar-refractivity contribution >= 4 is 5.91 Å². The minimum atomic E-state index is -0.0814. The first kappa shape index (κ1) is 10.6. The van der Waals surface area contributed by atoms with E-state index in [4.69, 9.17) is 11.7 Å². The zero-order chi connectivity index (χ0) is 10.4. The zero-order valence-electron chi connectivity index (χ0n) is 8.12. The summed E-state index contributed by atoms with van der Waals surface area (Å²) in [6.07, 6.45) is 9.32. The van der Waals surface area contributed by atoms with Crippen LogP contribution in [-0.4, -0.2) is 12.5 Å². The number of carbonyl (C=O) groups excluding carboxylic acids is 1. The van der Waals surface area contributed by atoms with Crippen molar-refractivity contribution < 1.29 is 4.79 Å². The second-order valence-corrected chi connectivity index (χ2v) is 3.54. The Hall–Kier alpha value is -1.48. The molecule has 0 aliphatic heterocycles. The molecule has 0 spiro atoms. The molecular weight excluding hydrogens is 176 g/mol. The quantitative estimate of drug-likeness (QED) is 0.523. The maximum Gasteiger partial charge on any atom is 0.225 e. The van der Waals surface area contributed by atoms with E-state index < -0.39 is 0 Å². The summed E-state index contributed by atoms with van der Waals surface area (Å²) in [4.78, 5) is 11.6. The Morgan fingerprint density at radius 2 is 2.21 bits per heavy atom. The fourth-order valence-electron chi connectivity index (χ4n) is 1.90. The first-order chi connectivity index (χ1) is 6.79. The van der Waals surface area contributed by atoms with Crippen LogP contribution in [0.4, 0.5) is 0 Å². The summed E-state index contributed by atoms with van der Waals surface area (Å²) >= 11 is 0. The van der Waals surface area contributed by atoms with Crippen LogP contribution in [0, 0.1) is 35.5 Å². The van der Waals surface area contributed by atoms with E-state index in [0.29, 0.717) is 0 Å². The van der Waals surface area contributed by atoms with E-state index >= 15 is 0 Å². The van der Waals surface area contributed by atoms with E-state index in [1.165, 1.54) is 0 Å². The Bertz CT molecular complexity index is 285. The second-order valence-electron chi connectivity index (χ2n) is 3.54. The number of terminal acetylenes is 1. The van der Waals surface area contributed by atoms with Gasteiger partial charge in [-0.3, -0.25) is 4.79 Å². The zero-order valence-corrected chi connectivity index (χ0v) is 8.12. The average Bonchev–Trinajstić information content (AvgIpc) is 2.25. The van der Waals surface area contributed by atoms with Gasteiger partial charge in [0.15, 0.2) is 0 Å². The number of nitrogens with zero attached hydrogens (tertiary/aromatic N) is 1. The Balaban J connectivity index is 2.52. The third kappa shape index (κ3) is 2.50. The minimum Gasteiger partial charge on any atom is -0.343 e. The molecule has 0 aromatic carbocycles. The lowest BCUT2D eigenvalue weighted by molar-refractivity contribution is -0.126. The molecule has 1 fully saturated rings. The van der Waals surface area contributed by atoms with E-state index in [1.54, 1.807) is 0 Å². The molecule has 2 atom stereocenters. The molecule has 1 aliphatic rings. The van der Waals surface area contributed by atoms with Crippen molar-refractivity contribution in [3.8, 4) is 18.4 Å². The monoisotopic (exact) mass is 190 g/mol. The molecule has 0 bridgehead atoms. The number of amides is 1. The molecule has 0 radical (unpaired) electrons. The lowest BCUT2D eigenvalue weighted by Gasteiger charge is -2.26. The highest BCUT2D eigenvalue weighted by atomic mass is 16.1. The van der Waals surface area contributed by atoms with E-state index in [1.807, 2.05) is 6.07 Å².